The third kappa shape index (κ3) is 6.14. The van der Waals surface area contributed by atoms with Gasteiger partial charge in [-0.3, -0.25) is 0 Å². The Morgan fingerprint density at radius 3 is 2.75 bits per heavy atom. The first-order valence-corrected chi connectivity index (χ1v) is 6.27. The first-order chi connectivity index (χ1) is 9.63. The molecule has 20 heavy (non-hydrogen) atoms. The smallest absolute Gasteiger partial charge is 0.358 e. The average Bonchev–Trinajstić information content (AvgIpc) is 2.87. The van der Waals surface area contributed by atoms with Crippen LogP contribution < -0.4 is 10.6 Å². The molecule has 1 heterocycles. The van der Waals surface area contributed by atoms with E-state index < -0.39 is 5.97 Å². The Morgan fingerprint density at radius 1 is 1.35 bits per heavy atom. The number of amides is 2. The number of rotatable bonds is 9. The van der Waals surface area contributed by atoms with E-state index in [9.17, 15) is 9.59 Å². The molecule has 2 amide bonds. The van der Waals surface area contributed by atoms with Crippen LogP contribution in [-0.2, 0) is 11.3 Å². The minimum atomic E-state index is -1.13. The van der Waals surface area contributed by atoms with E-state index in [0.717, 1.165) is 12.8 Å². The van der Waals surface area contributed by atoms with Crippen molar-refractivity contribution >= 4 is 12.0 Å². The highest BCUT2D eigenvalue weighted by Gasteiger charge is 2.07. The van der Waals surface area contributed by atoms with Gasteiger partial charge < -0.3 is 20.5 Å². The Morgan fingerprint density at radius 2 is 2.10 bits per heavy atom. The number of urea groups is 1. The number of nitrogens with one attached hydrogen (secondary N) is 2. The predicted molar refractivity (Wildman–Crippen MR) is 69.5 cm³/mol. The molecule has 3 N–H and O–H groups in total. The molecule has 0 spiro atoms. The van der Waals surface area contributed by atoms with Gasteiger partial charge in [-0.25, -0.2) is 14.3 Å². The van der Waals surface area contributed by atoms with Gasteiger partial charge in [-0.1, -0.05) is 5.21 Å². The van der Waals surface area contributed by atoms with E-state index in [1.54, 1.807) is 7.11 Å². The van der Waals surface area contributed by atoms with Crippen molar-refractivity contribution in [3.8, 4) is 0 Å². The minimum Gasteiger partial charge on any atom is -0.476 e. The molecular weight excluding hydrogens is 266 g/mol. The van der Waals surface area contributed by atoms with Crippen LogP contribution in [0, 0.1) is 0 Å². The number of aromatic nitrogens is 3. The second-order valence-electron chi connectivity index (χ2n) is 4.05. The molecular formula is C11H19N5O4. The molecule has 0 aliphatic carbocycles. The van der Waals surface area contributed by atoms with Crippen molar-refractivity contribution in [2.45, 2.75) is 19.4 Å². The van der Waals surface area contributed by atoms with Gasteiger partial charge in [0.1, 0.15) is 0 Å². The third-order valence-corrected chi connectivity index (χ3v) is 2.45. The van der Waals surface area contributed by atoms with Crippen LogP contribution in [0.1, 0.15) is 23.3 Å². The Bertz CT molecular complexity index is 434. The van der Waals surface area contributed by atoms with Crippen molar-refractivity contribution in [2.24, 2.45) is 0 Å². The molecule has 1 aromatic heterocycles. The largest absolute Gasteiger partial charge is 0.476 e. The lowest BCUT2D eigenvalue weighted by Crippen LogP contribution is -2.37. The van der Waals surface area contributed by atoms with Crippen molar-refractivity contribution in [1.29, 1.82) is 0 Å². The number of carbonyl (C=O) groups is 2. The maximum Gasteiger partial charge on any atom is 0.358 e. The molecule has 1 aromatic rings. The maximum absolute atomic E-state index is 11.4. The fourth-order valence-corrected chi connectivity index (χ4v) is 1.43. The van der Waals surface area contributed by atoms with Crippen LogP contribution in [0.4, 0.5) is 4.79 Å². The molecule has 9 heteroatoms. The molecule has 0 aliphatic rings. The molecule has 0 fully saturated rings. The number of hydrogen-bond donors (Lipinski definition) is 3. The summed E-state index contributed by atoms with van der Waals surface area (Å²) in [4.78, 5) is 22.0. The molecule has 0 unspecified atom stereocenters. The van der Waals surface area contributed by atoms with Crippen molar-refractivity contribution in [3.05, 3.63) is 11.9 Å². The maximum atomic E-state index is 11.4. The van der Waals surface area contributed by atoms with Crippen molar-refractivity contribution < 1.29 is 19.4 Å². The fourth-order valence-electron chi connectivity index (χ4n) is 1.43. The van der Waals surface area contributed by atoms with Gasteiger partial charge in [-0.15, -0.1) is 5.10 Å². The van der Waals surface area contributed by atoms with E-state index in [1.807, 2.05) is 0 Å². The van der Waals surface area contributed by atoms with Crippen molar-refractivity contribution in [3.63, 3.8) is 0 Å². The van der Waals surface area contributed by atoms with Crippen LogP contribution in [0.5, 0.6) is 0 Å². The standard InChI is InChI=1S/C11H19N5O4/c1-20-7-3-2-4-12-11(19)13-5-6-16-8-9(10(17)18)14-15-16/h8H,2-7H2,1H3,(H,17,18)(H2,12,13,19). The highest BCUT2D eigenvalue weighted by atomic mass is 16.5. The monoisotopic (exact) mass is 285 g/mol. The van der Waals surface area contributed by atoms with E-state index in [-0.39, 0.29) is 11.7 Å². The highest BCUT2D eigenvalue weighted by molar-refractivity contribution is 5.84. The van der Waals surface area contributed by atoms with E-state index in [1.165, 1.54) is 10.9 Å². The zero-order valence-corrected chi connectivity index (χ0v) is 11.3. The van der Waals surface area contributed by atoms with E-state index in [4.69, 9.17) is 9.84 Å². The lowest BCUT2D eigenvalue weighted by molar-refractivity contribution is 0.0690. The van der Waals surface area contributed by atoms with Crippen LogP contribution in [0.3, 0.4) is 0 Å². The summed E-state index contributed by atoms with van der Waals surface area (Å²) in [7, 11) is 1.64. The Kier molecular flexibility index (Phi) is 7.04. The number of ether oxygens (including phenoxy) is 1. The molecule has 0 saturated heterocycles. The van der Waals surface area contributed by atoms with Gasteiger partial charge in [0, 0.05) is 26.8 Å². The van der Waals surface area contributed by atoms with Gasteiger partial charge >= 0.3 is 12.0 Å². The minimum absolute atomic E-state index is 0.118. The summed E-state index contributed by atoms with van der Waals surface area (Å²) in [6.45, 7) is 1.97. The zero-order valence-electron chi connectivity index (χ0n) is 11.3. The first kappa shape index (κ1) is 15.9. The second kappa shape index (κ2) is 8.86. The van der Waals surface area contributed by atoms with Crippen molar-refractivity contribution in [2.75, 3.05) is 26.8 Å². The molecule has 9 nitrogen and oxygen atoms in total. The molecule has 0 aromatic carbocycles. The SMILES string of the molecule is COCCCCNC(=O)NCCn1cc(C(=O)O)nn1. The Hall–Kier alpha value is -2.16. The predicted octanol–water partition coefficient (Wildman–Crippen LogP) is -0.298. The normalized spacial score (nSPS) is 10.2. The van der Waals surface area contributed by atoms with Crippen LogP contribution in [0.25, 0.3) is 0 Å². The van der Waals surface area contributed by atoms with Gasteiger partial charge in [-0.05, 0) is 12.8 Å². The molecule has 0 saturated carbocycles. The van der Waals surface area contributed by atoms with Crippen LogP contribution >= 0.6 is 0 Å². The molecule has 1 rings (SSSR count). The number of carbonyl (C=O) groups excluding carboxylic acids is 1. The van der Waals surface area contributed by atoms with Gasteiger partial charge in [0.2, 0.25) is 0 Å². The summed E-state index contributed by atoms with van der Waals surface area (Å²) in [5.74, 6) is -1.13. The second-order valence-corrected chi connectivity index (χ2v) is 4.05. The van der Waals surface area contributed by atoms with Gasteiger partial charge in [0.15, 0.2) is 5.69 Å². The van der Waals surface area contributed by atoms with Crippen LogP contribution in [0.15, 0.2) is 6.20 Å². The molecule has 112 valence electrons. The third-order valence-electron chi connectivity index (χ3n) is 2.45. The fraction of sp³-hybridized carbons (Fsp3) is 0.636. The van der Waals surface area contributed by atoms with E-state index in [2.05, 4.69) is 20.9 Å². The summed E-state index contributed by atoms with van der Waals surface area (Å²) in [5, 5.41) is 21.1. The summed E-state index contributed by atoms with van der Waals surface area (Å²) in [5.41, 5.74) is -0.118. The van der Waals surface area contributed by atoms with Gasteiger partial charge in [-0.2, -0.15) is 0 Å². The highest BCUT2D eigenvalue weighted by Crippen LogP contribution is 1.91. The summed E-state index contributed by atoms with van der Waals surface area (Å²) < 4.78 is 6.26. The summed E-state index contributed by atoms with van der Waals surface area (Å²) >= 11 is 0. The van der Waals surface area contributed by atoms with E-state index in [0.29, 0.717) is 26.2 Å². The molecule has 0 aliphatic heterocycles. The van der Waals surface area contributed by atoms with Crippen LogP contribution in [0.2, 0.25) is 0 Å². The van der Waals surface area contributed by atoms with Crippen molar-refractivity contribution in [1.82, 2.24) is 25.6 Å². The Labute approximate surface area is 116 Å². The number of aromatic carboxylic acids is 1. The number of carboxylic acid groups (broad SMARTS) is 1. The number of nitrogens with zero attached hydrogens (tertiary/aromatic N) is 3. The average molecular weight is 285 g/mol. The first-order valence-electron chi connectivity index (χ1n) is 6.27. The lowest BCUT2D eigenvalue weighted by Gasteiger charge is -2.07. The number of carboxylic acids is 1. The molecule has 0 bridgehead atoms. The Balaban J connectivity index is 2.10. The lowest BCUT2D eigenvalue weighted by atomic mass is 10.3. The molecule has 0 atom stereocenters. The number of unbranched alkanes of at least 4 members (excludes halogenated alkanes) is 1. The quantitative estimate of drug-likeness (QED) is 0.536. The number of methoxy groups -OCH3 is 1. The summed E-state index contributed by atoms with van der Waals surface area (Å²) in [6.07, 6.45) is 3.06. The van der Waals surface area contributed by atoms with Gasteiger partial charge in [0.25, 0.3) is 0 Å². The van der Waals surface area contributed by atoms with Crippen LogP contribution in [-0.4, -0.2) is 58.9 Å². The summed E-state index contributed by atoms with van der Waals surface area (Å²) in [6, 6.07) is -0.263. The molecule has 0 radical (unpaired) electrons. The zero-order chi connectivity index (χ0) is 14.8. The van der Waals surface area contributed by atoms with Gasteiger partial charge in [0.05, 0.1) is 12.7 Å². The number of hydrogen-bond acceptors (Lipinski definition) is 5. The van der Waals surface area contributed by atoms with E-state index >= 15 is 0 Å². The topological polar surface area (TPSA) is 118 Å².